The van der Waals surface area contributed by atoms with E-state index in [1.165, 1.54) is 25.2 Å². The van der Waals surface area contributed by atoms with Crippen LogP contribution in [-0.4, -0.2) is 62.6 Å². The van der Waals surface area contributed by atoms with Crippen molar-refractivity contribution in [2.24, 2.45) is 0 Å². The molecule has 1 aromatic carbocycles. The lowest BCUT2D eigenvalue weighted by Crippen LogP contribution is -2.46. The SMILES string of the molecule is CCC1Cc2nn3c(c2CN1C(=O)Nc1ccc(F)c(Cl)c1)C(=O)N(C)OC(CO)C3. The van der Waals surface area contributed by atoms with Crippen LogP contribution >= 0.6 is 11.6 Å². The largest absolute Gasteiger partial charge is 0.393 e. The van der Waals surface area contributed by atoms with Crippen molar-refractivity contribution < 1.29 is 23.9 Å². The van der Waals surface area contributed by atoms with E-state index in [2.05, 4.69) is 10.4 Å². The highest BCUT2D eigenvalue weighted by atomic mass is 35.5. The van der Waals surface area contributed by atoms with Gasteiger partial charge in [-0.3, -0.25) is 14.3 Å². The summed E-state index contributed by atoms with van der Waals surface area (Å²) in [7, 11) is 1.49. The second-order valence-electron chi connectivity index (χ2n) is 7.62. The van der Waals surface area contributed by atoms with E-state index < -0.39 is 11.9 Å². The fraction of sp³-hybridized carbons (Fsp3) is 0.450. The minimum absolute atomic E-state index is 0.0835. The molecule has 2 unspecified atom stereocenters. The van der Waals surface area contributed by atoms with Crippen LogP contribution in [0.15, 0.2) is 18.2 Å². The Labute approximate surface area is 183 Å². The molecular formula is C20H23ClFN5O4. The maximum Gasteiger partial charge on any atom is 0.322 e. The van der Waals surface area contributed by atoms with Gasteiger partial charge in [-0.1, -0.05) is 18.5 Å². The molecule has 0 saturated carbocycles. The van der Waals surface area contributed by atoms with Gasteiger partial charge in [-0.05, 0) is 24.6 Å². The summed E-state index contributed by atoms with van der Waals surface area (Å²) < 4.78 is 15.0. The maximum atomic E-state index is 13.4. The van der Waals surface area contributed by atoms with Crippen LogP contribution in [0.1, 0.15) is 35.1 Å². The molecule has 0 radical (unpaired) electrons. The minimum Gasteiger partial charge on any atom is -0.393 e. The van der Waals surface area contributed by atoms with Crippen LogP contribution in [0.2, 0.25) is 5.02 Å². The van der Waals surface area contributed by atoms with Crippen LogP contribution in [0.25, 0.3) is 0 Å². The number of aliphatic hydroxyl groups excluding tert-OH is 1. The average molecular weight is 452 g/mol. The summed E-state index contributed by atoms with van der Waals surface area (Å²) in [4.78, 5) is 33.1. The van der Waals surface area contributed by atoms with Gasteiger partial charge in [0, 0.05) is 30.8 Å². The third kappa shape index (κ3) is 3.98. The summed E-state index contributed by atoms with van der Waals surface area (Å²) in [6, 6.07) is 3.47. The zero-order valence-corrected chi connectivity index (χ0v) is 17.9. The number of carbonyl (C=O) groups excluding carboxylic acids is 2. The van der Waals surface area contributed by atoms with Crippen LogP contribution in [-0.2, 0) is 24.3 Å². The summed E-state index contributed by atoms with van der Waals surface area (Å²) in [5.41, 5.74) is 2.15. The fourth-order valence-electron chi connectivity index (χ4n) is 3.99. The normalized spacial score (nSPS) is 20.9. The van der Waals surface area contributed by atoms with E-state index in [1.807, 2.05) is 6.92 Å². The number of hydrogen-bond acceptors (Lipinski definition) is 5. The van der Waals surface area contributed by atoms with Crippen LogP contribution < -0.4 is 5.32 Å². The highest BCUT2D eigenvalue weighted by molar-refractivity contribution is 6.31. The first-order chi connectivity index (χ1) is 14.8. The summed E-state index contributed by atoms with van der Waals surface area (Å²) >= 11 is 5.82. The third-order valence-electron chi connectivity index (χ3n) is 5.61. The Morgan fingerprint density at radius 2 is 2.23 bits per heavy atom. The molecule has 9 nitrogen and oxygen atoms in total. The van der Waals surface area contributed by atoms with Gasteiger partial charge in [-0.25, -0.2) is 14.2 Å². The summed E-state index contributed by atoms with van der Waals surface area (Å²) in [5.74, 6) is -0.951. The second kappa shape index (κ2) is 8.45. The number of carbonyl (C=O) groups is 2. The zero-order valence-electron chi connectivity index (χ0n) is 17.1. The van der Waals surface area contributed by atoms with E-state index in [9.17, 15) is 19.1 Å². The third-order valence-corrected chi connectivity index (χ3v) is 5.90. The molecule has 4 rings (SSSR count). The van der Waals surface area contributed by atoms with Gasteiger partial charge in [-0.15, -0.1) is 0 Å². The molecule has 2 aromatic rings. The summed E-state index contributed by atoms with van der Waals surface area (Å²) in [5, 5.41) is 17.9. The van der Waals surface area contributed by atoms with Crippen molar-refractivity contribution in [3.63, 3.8) is 0 Å². The molecule has 0 fully saturated rings. The van der Waals surface area contributed by atoms with E-state index in [4.69, 9.17) is 16.4 Å². The van der Waals surface area contributed by atoms with Crippen molar-refractivity contribution >= 4 is 29.2 Å². The summed E-state index contributed by atoms with van der Waals surface area (Å²) in [6.07, 6.45) is 0.585. The number of halogens is 2. The number of benzene rings is 1. The highest BCUT2D eigenvalue weighted by Crippen LogP contribution is 2.30. The molecule has 2 aliphatic rings. The molecule has 0 spiro atoms. The van der Waals surface area contributed by atoms with Crippen LogP contribution in [0.4, 0.5) is 14.9 Å². The van der Waals surface area contributed by atoms with E-state index in [0.717, 1.165) is 10.8 Å². The van der Waals surface area contributed by atoms with E-state index in [1.54, 1.807) is 9.58 Å². The quantitative estimate of drug-likeness (QED) is 0.746. The number of urea groups is 1. The van der Waals surface area contributed by atoms with Crippen molar-refractivity contribution in [2.75, 3.05) is 19.0 Å². The van der Waals surface area contributed by atoms with Gasteiger partial charge < -0.3 is 15.3 Å². The van der Waals surface area contributed by atoms with Crippen LogP contribution in [0, 0.1) is 5.82 Å². The van der Waals surface area contributed by atoms with Gasteiger partial charge in [0.25, 0.3) is 5.91 Å². The first-order valence-electron chi connectivity index (χ1n) is 9.99. The fourth-order valence-corrected chi connectivity index (χ4v) is 4.17. The highest BCUT2D eigenvalue weighted by Gasteiger charge is 2.38. The van der Waals surface area contributed by atoms with Gasteiger partial charge in [0.15, 0.2) is 0 Å². The Kier molecular flexibility index (Phi) is 5.87. The van der Waals surface area contributed by atoms with Gasteiger partial charge in [0.05, 0.1) is 30.4 Å². The molecule has 1 aromatic heterocycles. The second-order valence-corrected chi connectivity index (χ2v) is 8.03. The number of nitrogens with one attached hydrogen (secondary N) is 1. The molecule has 11 heteroatoms. The number of rotatable bonds is 3. The van der Waals surface area contributed by atoms with Crippen LogP contribution in [0.3, 0.4) is 0 Å². The number of hydroxylamine groups is 2. The molecule has 2 aliphatic heterocycles. The number of anilines is 1. The van der Waals surface area contributed by atoms with Crippen molar-refractivity contribution in [2.45, 2.75) is 45.0 Å². The Morgan fingerprint density at radius 3 is 2.90 bits per heavy atom. The molecular weight excluding hydrogens is 429 g/mol. The summed E-state index contributed by atoms with van der Waals surface area (Å²) in [6.45, 7) is 2.13. The first-order valence-corrected chi connectivity index (χ1v) is 10.4. The van der Waals surface area contributed by atoms with E-state index >= 15 is 0 Å². The van der Waals surface area contributed by atoms with Gasteiger partial charge in [-0.2, -0.15) is 5.10 Å². The van der Waals surface area contributed by atoms with Crippen molar-refractivity contribution in [3.8, 4) is 0 Å². The number of fused-ring (bicyclic) bond motifs is 3. The van der Waals surface area contributed by atoms with Crippen molar-refractivity contribution in [3.05, 3.63) is 46.0 Å². The number of nitrogens with zero attached hydrogens (tertiary/aromatic N) is 4. The predicted molar refractivity (Wildman–Crippen MR) is 110 cm³/mol. The topological polar surface area (TPSA) is 99.9 Å². The molecule has 166 valence electrons. The van der Waals surface area contributed by atoms with E-state index in [0.29, 0.717) is 29.8 Å². The van der Waals surface area contributed by atoms with E-state index in [-0.39, 0.29) is 42.7 Å². The number of aromatic nitrogens is 2. The lowest BCUT2D eigenvalue weighted by atomic mass is 9.97. The molecule has 0 saturated heterocycles. The Hall–Kier alpha value is -2.69. The van der Waals surface area contributed by atoms with Gasteiger partial charge >= 0.3 is 6.03 Å². The van der Waals surface area contributed by atoms with Gasteiger partial charge in [0.2, 0.25) is 0 Å². The van der Waals surface area contributed by atoms with Crippen molar-refractivity contribution in [1.82, 2.24) is 19.7 Å². The monoisotopic (exact) mass is 451 g/mol. The molecule has 31 heavy (non-hydrogen) atoms. The number of aliphatic hydroxyl groups is 1. The zero-order chi connectivity index (χ0) is 22.3. The van der Waals surface area contributed by atoms with Crippen molar-refractivity contribution in [1.29, 1.82) is 0 Å². The molecule has 0 aliphatic carbocycles. The predicted octanol–water partition coefficient (Wildman–Crippen LogP) is 2.42. The first kappa shape index (κ1) is 21.5. The standard InChI is InChI=1S/C20H23ClFN5O4/c1-3-12-7-17-14(18-19(29)25(2)31-13(10-28)8-27(18)24-17)9-26(12)20(30)23-11-4-5-16(22)15(21)6-11/h4-6,12-13,28H,3,7-10H2,1-2H3,(H,23,30). The lowest BCUT2D eigenvalue weighted by Gasteiger charge is -2.35. The minimum atomic E-state index is -0.596. The Morgan fingerprint density at radius 1 is 1.45 bits per heavy atom. The number of amides is 3. The smallest absolute Gasteiger partial charge is 0.322 e. The Bertz CT molecular complexity index is 1030. The molecule has 2 N–H and O–H groups in total. The Balaban J connectivity index is 1.64. The average Bonchev–Trinajstić information content (AvgIpc) is 3.04. The lowest BCUT2D eigenvalue weighted by molar-refractivity contribution is -0.159. The number of hydrogen-bond donors (Lipinski definition) is 2. The van der Waals surface area contributed by atoms with Gasteiger partial charge in [0.1, 0.15) is 17.6 Å². The molecule has 3 amide bonds. The molecule has 0 bridgehead atoms. The molecule has 3 heterocycles. The van der Waals surface area contributed by atoms with Crippen LogP contribution in [0.5, 0.6) is 0 Å². The molecule has 2 atom stereocenters. The maximum absolute atomic E-state index is 13.4.